The van der Waals surface area contributed by atoms with E-state index in [-0.39, 0.29) is 44.9 Å². The van der Waals surface area contributed by atoms with Crippen LogP contribution in [0.5, 0.6) is 0 Å². The average molecular weight is 632 g/mol. The summed E-state index contributed by atoms with van der Waals surface area (Å²) in [5.74, 6) is -1.12. The second kappa shape index (κ2) is 12.6. The molecule has 0 aliphatic carbocycles. The van der Waals surface area contributed by atoms with Crippen LogP contribution in [0.15, 0.2) is 48.5 Å². The number of benzene rings is 2. The Hall–Kier alpha value is -2.76. The summed E-state index contributed by atoms with van der Waals surface area (Å²) in [5, 5.41) is 13.9. The van der Waals surface area contributed by atoms with Crippen molar-refractivity contribution in [2.75, 3.05) is 26.2 Å². The molecule has 0 radical (unpaired) electrons. The van der Waals surface area contributed by atoms with E-state index in [1.807, 2.05) is 4.57 Å². The lowest BCUT2D eigenvalue weighted by Gasteiger charge is -2.40. The summed E-state index contributed by atoms with van der Waals surface area (Å²) in [7, 11) is 0. The molecule has 220 valence electrons. The number of carbonyl (C=O) groups excluding carboxylic acids is 2. The molecule has 3 aromatic rings. The molecule has 1 aliphatic rings. The molecule has 0 unspecified atom stereocenters. The SMILES string of the molecule is NC(=O)C1(NCCC(F)(F)F)CCN(C(=O)c2cc(-c3ccc(Cl)cc3Cl)n(-c3ccc(Cl)cc3)c2CCO)CC1. The number of nitrogens with one attached hydrogen (secondary N) is 1. The van der Waals surface area contributed by atoms with Crippen molar-refractivity contribution in [3.8, 4) is 16.9 Å². The van der Waals surface area contributed by atoms with Gasteiger partial charge in [-0.15, -0.1) is 0 Å². The molecule has 1 fully saturated rings. The first-order valence-corrected chi connectivity index (χ1v) is 14.0. The number of nitrogens with two attached hydrogens (primary N) is 1. The van der Waals surface area contributed by atoms with Gasteiger partial charge < -0.3 is 25.6 Å². The van der Waals surface area contributed by atoms with Crippen LogP contribution in [0, 0.1) is 0 Å². The first-order chi connectivity index (χ1) is 19.3. The number of alkyl halides is 3. The van der Waals surface area contributed by atoms with Gasteiger partial charge in [0.05, 0.1) is 22.7 Å². The van der Waals surface area contributed by atoms with Gasteiger partial charge in [0, 0.05) is 59.7 Å². The summed E-state index contributed by atoms with van der Waals surface area (Å²) in [6, 6.07) is 13.6. The van der Waals surface area contributed by atoms with Gasteiger partial charge in [0.1, 0.15) is 5.54 Å². The van der Waals surface area contributed by atoms with Crippen molar-refractivity contribution in [2.45, 2.75) is 37.4 Å². The Morgan fingerprint density at radius 1 is 1.00 bits per heavy atom. The molecular formula is C28H28Cl3F3N4O3. The number of primary amides is 1. The molecule has 2 heterocycles. The van der Waals surface area contributed by atoms with Gasteiger partial charge in [-0.25, -0.2) is 0 Å². The number of likely N-dealkylation sites (tertiary alicyclic amines) is 1. The molecule has 41 heavy (non-hydrogen) atoms. The zero-order valence-electron chi connectivity index (χ0n) is 21.8. The van der Waals surface area contributed by atoms with E-state index >= 15 is 0 Å². The fourth-order valence-corrected chi connectivity index (χ4v) is 5.72. The lowest BCUT2D eigenvalue weighted by Crippen LogP contribution is -2.61. The summed E-state index contributed by atoms with van der Waals surface area (Å²) >= 11 is 18.8. The van der Waals surface area contributed by atoms with Crippen LogP contribution in [0.4, 0.5) is 13.2 Å². The van der Waals surface area contributed by atoms with Gasteiger partial charge in [0.25, 0.3) is 5.91 Å². The smallest absolute Gasteiger partial charge is 0.390 e. The van der Waals surface area contributed by atoms with E-state index in [0.29, 0.717) is 43.3 Å². The zero-order valence-corrected chi connectivity index (χ0v) is 24.0. The highest BCUT2D eigenvalue weighted by molar-refractivity contribution is 6.36. The van der Waals surface area contributed by atoms with E-state index in [2.05, 4.69) is 5.32 Å². The fraction of sp³-hybridized carbons (Fsp3) is 0.357. The molecule has 2 amide bonds. The average Bonchev–Trinajstić information content (AvgIpc) is 3.27. The van der Waals surface area contributed by atoms with Crippen LogP contribution >= 0.6 is 34.8 Å². The minimum atomic E-state index is -4.38. The minimum absolute atomic E-state index is 0.0506. The van der Waals surface area contributed by atoms with Crippen molar-refractivity contribution in [3.63, 3.8) is 0 Å². The highest BCUT2D eigenvalue weighted by Gasteiger charge is 2.42. The fourth-order valence-electron chi connectivity index (χ4n) is 5.08. The van der Waals surface area contributed by atoms with Crippen molar-refractivity contribution in [1.29, 1.82) is 0 Å². The summed E-state index contributed by atoms with van der Waals surface area (Å²) in [6.45, 7) is -0.541. The number of hydrogen-bond donors (Lipinski definition) is 3. The maximum atomic E-state index is 13.9. The number of aromatic nitrogens is 1. The highest BCUT2D eigenvalue weighted by atomic mass is 35.5. The van der Waals surface area contributed by atoms with Crippen LogP contribution in [0.25, 0.3) is 16.9 Å². The zero-order chi connectivity index (χ0) is 29.9. The molecule has 13 heteroatoms. The third-order valence-electron chi connectivity index (χ3n) is 7.22. The Morgan fingerprint density at radius 2 is 1.63 bits per heavy atom. The largest absolute Gasteiger partial charge is 0.396 e. The van der Waals surface area contributed by atoms with Crippen molar-refractivity contribution in [2.24, 2.45) is 5.73 Å². The van der Waals surface area contributed by atoms with E-state index in [1.165, 1.54) is 4.90 Å². The predicted octanol–water partition coefficient (Wildman–Crippen LogP) is 5.64. The predicted molar refractivity (Wildman–Crippen MR) is 153 cm³/mol. The summed E-state index contributed by atoms with van der Waals surface area (Å²) in [6.07, 6.45) is -5.26. The molecule has 7 nitrogen and oxygen atoms in total. The molecule has 1 aliphatic heterocycles. The minimum Gasteiger partial charge on any atom is -0.396 e. The molecule has 0 bridgehead atoms. The van der Waals surface area contributed by atoms with Crippen LogP contribution in [0.2, 0.25) is 15.1 Å². The van der Waals surface area contributed by atoms with Gasteiger partial charge in [-0.05, 0) is 61.4 Å². The number of hydrogen-bond acceptors (Lipinski definition) is 4. The number of nitrogens with zero attached hydrogens (tertiary/aromatic N) is 2. The van der Waals surface area contributed by atoms with Crippen LogP contribution in [-0.2, 0) is 11.2 Å². The number of carbonyl (C=O) groups is 2. The summed E-state index contributed by atoms with van der Waals surface area (Å²) in [4.78, 5) is 27.7. The molecule has 1 saturated heterocycles. The molecule has 0 atom stereocenters. The third-order valence-corrected chi connectivity index (χ3v) is 8.02. The Labute approximate surface area is 250 Å². The second-order valence-corrected chi connectivity index (χ2v) is 11.1. The van der Waals surface area contributed by atoms with Crippen molar-refractivity contribution in [3.05, 3.63) is 74.9 Å². The molecule has 0 saturated carbocycles. The number of amides is 2. The van der Waals surface area contributed by atoms with Crippen molar-refractivity contribution < 1.29 is 27.9 Å². The normalized spacial score (nSPS) is 15.2. The Morgan fingerprint density at radius 3 is 2.20 bits per heavy atom. The molecule has 1 aromatic heterocycles. The van der Waals surface area contributed by atoms with Gasteiger partial charge in [-0.1, -0.05) is 34.8 Å². The number of rotatable bonds is 9. The van der Waals surface area contributed by atoms with E-state index in [4.69, 9.17) is 40.5 Å². The van der Waals surface area contributed by atoms with E-state index < -0.39 is 30.6 Å². The standard InChI is InChI=1S/C28H28Cl3F3N4O3/c29-17-1-4-19(5-2-17)38-23(7-14-39)21(16-24(38)20-6-3-18(30)15-22(20)31)25(40)37-12-9-27(10-13-37,26(35)41)36-11-8-28(32,33)34/h1-6,15-16,36,39H,7-14H2,(H2,35,41). The number of piperidine rings is 1. The Kier molecular flexibility index (Phi) is 9.60. The molecular weight excluding hydrogens is 604 g/mol. The van der Waals surface area contributed by atoms with Crippen LogP contribution in [-0.4, -0.2) is 64.3 Å². The number of halogens is 6. The highest BCUT2D eigenvalue weighted by Crippen LogP contribution is 2.37. The molecule has 4 N–H and O–H groups in total. The van der Waals surface area contributed by atoms with Gasteiger partial charge >= 0.3 is 6.18 Å². The van der Waals surface area contributed by atoms with Crippen LogP contribution in [0.3, 0.4) is 0 Å². The van der Waals surface area contributed by atoms with E-state index in [1.54, 1.807) is 48.5 Å². The quantitative estimate of drug-likeness (QED) is 0.285. The lowest BCUT2D eigenvalue weighted by molar-refractivity contribution is -0.137. The first kappa shape index (κ1) is 31.2. The van der Waals surface area contributed by atoms with Crippen molar-refractivity contribution in [1.82, 2.24) is 14.8 Å². The Balaban J connectivity index is 1.70. The van der Waals surface area contributed by atoms with Gasteiger partial charge in [-0.3, -0.25) is 9.59 Å². The van der Waals surface area contributed by atoms with Gasteiger partial charge in [-0.2, -0.15) is 13.2 Å². The third kappa shape index (κ3) is 7.01. The number of aliphatic hydroxyl groups excluding tert-OH is 1. The molecule has 4 rings (SSSR count). The van der Waals surface area contributed by atoms with E-state index in [0.717, 1.165) is 0 Å². The van der Waals surface area contributed by atoms with E-state index in [9.17, 15) is 27.9 Å². The maximum absolute atomic E-state index is 13.9. The van der Waals surface area contributed by atoms with Crippen LogP contribution in [0.1, 0.15) is 35.3 Å². The topological polar surface area (TPSA) is 101 Å². The van der Waals surface area contributed by atoms with Crippen molar-refractivity contribution >= 4 is 46.6 Å². The lowest BCUT2D eigenvalue weighted by atomic mass is 9.86. The van der Waals surface area contributed by atoms with Gasteiger partial charge in [0.15, 0.2) is 0 Å². The first-order valence-electron chi connectivity index (χ1n) is 12.8. The molecule has 2 aromatic carbocycles. The Bertz CT molecular complexity index is 1420. The molecule has 0 spiro atoms. The van der Waals surface area contributed by atoms with Crippen LogP contribution < -0.4 is 11.1 Å². The van der Waals surface area contributed by atoms with Gasteiger partial charge in [0.2, 0.25) is 5.91 Å². The number of aliphatic hydroxyl groups is 1. The maximum Gasteiger partial charge on any atom is 0.390 e. The second-order valence-electron chi connectivity index (χ2n) is 9.83. The monoisotopic (exact) mass is 630 g/mol. The summed E-state index contributed by atoms with van der Waals surface area (Å²) < 4.78 is 39.9. The summed E-state index contributed by atoms with van der Waals surface area (Å²) in [5.41, 5.74) is 6.93.